The van der Waals surface area contributed by atoms with Crippen LogP contribution in [0.15, 0.2) is 0 Å². The van der Waals surface area contributed by atoms with Crippen LogP contribution in [0, 0.1) is 23.7 Å². The molecule has 0 bridgehead atoms. The molecular weight excluding hydrogens is 160 g/mol. The molecule has 3 unspecified atom stereocenters. The zero-order valence-corrected chi connectivity index (χ0v) is 9.34. The van der Waals surface area contributed by atoms with E-state index in [4.69, 9.17) is 0 Å². The molecule has 1 heteroatoms. The van der Waals surface area contributed by atoms with Crippen molar-refractivity contribution in [3.05, 3.63) is 0 Å². The van der Waals surface area contributed by atoms with Gasteiger partial charge < -0.3 is 0 Å². The van der Waals surface area contributed by atoms with E-state index in [9.17, 15) is 4.79 Å². The van der Waals surface area contributed by atoms with Crippen LogP contribution in [0.5, 0.6) is 0 Å². The van der Waals surface area contributed by atoms with Crippen molar-refractivity contribution < 1.29 is 4.79 Å². The minimum Gasteiger partial charge on any atom is -0.299 e. The Morgan fingerprint density at radius 3 is 2.23 bits per heavy atom. The van der Waals surface area contributed by atoms with Crippen molar-refractivity contribution in [2.45, 2.75) is 47.0 Å². The number of hydrogen-bond acceptors (Lipinski definition) is 1. The van der Waals surface area contributed by atoms with Gasteiger partial charge in [-0.05, 0) is 31.1 Å². The zero-order chi connectivity index (χ0) is 10.0. The van der Waals surface area contributed by atoms with Gasteiger partial charge in [0.1, 0.15) is 5.78 Å². The van der Waals surface area contributed by atoms with Crippen LogP contribution in [-0.2, 0) is 4.79 Å². The average molecular weight is 182 g/mol. The summed E-state index contributed by atoms with van der Waals surface area (Å²) in [6.45, 7) is 8.63. The second-order valence-corrected chi connectivity index (χ2v) is 5.02. The van der Waals surface area contributed by atoms with Crippen LogP contribution in [-0.4, -0.2) is 5.78 Å². The molecule has 0 aromatic heterocycles. The molecular formula is C12H22O. The van der Waals surface area contributed by atoms with Crippen LogP contribution in [0.25, 0.3) is 0 Å². The number of ketones is 1. The minimum absolute atomic E-state index is 0.227. The third-order valence-corrected chi connectivity index (χ3v) is 3.57. The quantitative estimate of drug-likeness (QED) is 0.640. The van der Waals surface area contributed by atoms with Gasteiger partial charge in [-0.2, -0.15) is 0 Å². The molecule has 0 aliphatic heterocycles. The van der Waals surface area contributed by atoms with Crippen LogP contribution in [0.1, 0.15) is 47.0 Å². The maximum atomic E-state index is 11.8. The Morgan fingerprint density at radius 1 is 1.15 bits per heavy atom. The number of carbonyl (C=O) groups is 1. The zero-order valence-electron chi connectivity index (χ0n) is 9.34. The summed E-state index contributed by atoms with van der Waals surface area (Å²) in [6, 6.07) is 0. The summed E-state index contributed by atoms with van der Waals surface area (Å²) < 4.78 is 0. The first kappa shape index (κ1) is 10.7. The van der Waals surface area contributed by atoms with E-state index in [2.05, 4.69) is 13.8 Å². The van der Waals surface area contributed by atoms with Gasteiger partial charge in [0, 0.05) is 11.8 Å². The lowest BCUT2D eigenvalue weighted by molar-refractivity contribution is -0.127. The molecule has 76 valence electrons. The van der Waals surface area contributed by atoms with Crippen LogP contribution in [0.2, 0.25) is 0 Å². The maximum absolute atomic E-state index is 11.8. The second-order valence-electron chi connectivity index (χ2n) is 5.02. The van der Waals surface area contributed by atoms with Crippen LogP contribution < -0.4 is 0 Å². The standard InChI is InChI=1S/C12H22O/c1-8(2)12(13)11-6-5-9(3)10(4)7-11/h8-11H,5-7H2,1-4H3. The summed E-state index contributed by atoms with van der Waals surface area (Å²) in [5, 5.41) is 0. The summed E-state index contributed by atoms with van der Waals surface area (Å²) in [5.41, 5.74) is 0. The number of hydrogen-bond donors (Lipinski definition) is 0. The van der Waals surface area contributed by atoms with Gasteiger partial charge in [-0.3, -0.25) is 4.79 Å². The molecule has 13 heavy (non-hydrogen) atoms. The lowest BCUT2D eigenvalue weighted by Crippen LogP contribution is -2.28. The van der Waals surface area contributed by atoms with Gasteiger partial charge in [0.2, 0.25) is 0 Å². The van der Waals surface area contributed by atoms with E-state index in [0.29, 0.717) is 11.7 Å². The molecule has 1 fully saturated rings. The van der Waals surface area contributed by atoms with E-state index in [-0.39, 0.29) is 5.92 Å². The third kappa shape index (κ3) is 2.55. The topological polar surface area (TPSA) is 17.1 Å². The van der Waals surface area contributed by atoms with Crippen LogP contribution in [0.3, 0.4) is 0 Å². The lowest BCUT2D eigenvalue weighted by Gasteiger charge is -2.31. The Morgan fingerprint density at radius 2 is 1.77 bits per heavy atom. The Balaban J connectivity index is 2.50. The Hall–Kier alpha value is -0.330. The van der Waals surface area contributed by atoms with Crippen molar-refractivity contribution in [1.82, 2.24) is 0 Å². The van der Waals surface area contributed by atoms with E-state index >= 15 is 0 Å². The Bertz CT molecular complexity index is 184. The molecule has 0 spiro atoms. The van der Waals surface area contributed by atoms with Crippen molar-refractivity contribution >= 4 is 5.78 Å². The van der Waals surface area contributed by atoms with E-state index in [0.717, 1.165) is 24.7 Å². The highest BCUT2D eigenvalue weighted by Gasteiger charge is 2.29. The van der Waals surface area contributed by atoms with Crippen LogP contribution >= 0.6 is 0 Å². The van der Waals surface area contributed by atoms with Crippen molar-refractivity contribution in [2.75, 3.05) is 0 Å². The number of rotatable bonds is 2. The van der Waals surface area contributed by atoms with Crippen molar-refractivity contribution in [3.8, 4) is 0 Å². The molecule has 3 atom stereocenters. The molecule has 1 saturated carbocycles. The molecule has 0 radical (unpaired) electrons. The van der Waals surface area contributed by atoms with E-state index in [1.54, 1.807) is 0 Å². The summed E-state index contributed by atoms with van der Waals surface area (Å²) in [4.78, 5) is 11.8. The van der Waals surface area contributed by atoms with Crippen molar-refractivity contribution in [3.63, 3.8) is 0 Å². The maximum Gasteiger partial charge on any atom is 0.138 e. The lowest BCUT2D eigenvalue weighted by atomic mass is 9.73. The highest BCUT2D eigenvalue weighted by molar-refractivity contribution is 5.82. The fourth-order valence-electron chi connectivity index (χ4n) is 2.28. The summed E-state index contributed by atoms with van der Waals surface area (Å²) >= 11 is 0. The normalized spacial score (nSPS) is 35.0. The van der Waals surface area contributed by atoms with Gasteiger partial charge in [0.15, 0.2) is 0 Å². The largest absolute Gasteiger partial charge is 0.299 e. The van der Waals surface area contributed by atoms with Gasteiger partial charge in [-0.25, -0.2) is 0 Å². The van der Waals surface area contributed by atoms with E-state index in [1.165, 1.54) is 6.42 Å². The SMILES string of the molecule is CC(C)C(=O)C1CCC(C)C(C)C1. The van der Waals surface area contributed by atoms with Gasteiger partial charge in [0.05, 0.1) is 0 Å². The number of Topliss-reactive ketones (excluding diaryl/α,β-unsaturated/α-hetero) is 1. The molecule has 1 nitrogen and oxygen atoms in total. The predicted molar refractivity (Wildman–Crippen MR) is 55.5 cm³/mol. The van der Waals surface area contributed by atoms with Gasteiger partial charge in [-0.1, -0.05) is 27.7 Å². The molecule has 0 N–H and O–H groups in total. The molecule has 0 heterocycles. The van der Waals surface area contributed by atoms with E-state index in [1.807, 2.05) is 13.8 Å². The first-order valence-corrected chi connectivity index (χ1v) is 5.56. The smallest absolute Gasteiger partial charge is 0.138 e. The van der Waals surface area contributed by atoms with Gasteiger partial charge in [-0.15, -0.1) is 0 Å². The fourth-order valence-corrected chi connectivity index (χ4v) is 2.28. The molecule has 1 aliphatic rings. The highest BCUT2D eigenvalue weighted by Crippen LogP contribution is 2.34. The number of carbonyl (C=O) groups excluding carboxylic acids is 1. The molecule has 0 aromatic rings. The molecule has 0 aromatic carbocycles. The molecule has 0 amide bonds. The monoisotopic (exact) mass is 182 g/mol. The first-order valence-electron chi connectivity index (χ1n) is 5.56. The second kappa shape index (κ2) is 4.26. The third-order valence-electron chi connectivity index (χ3n) is 3.57. The highest BCUT2D eigenvalue weighted by atomic mass is 16.1. The summed E-state index contributed by atoms with van der Waals surface area (Å²) in [6.07, 6.45) is 3.49. The van der Waals surface area contributed by atoms with Gasteiger partial charge in [0.25, 0.3) is 0 Å². The Labute approximate surface area is 81.9 Å². The van der Waals surface area contributed by atoms with E-state index < -0.39 is 0 Å². The Kier molecular flexibility index (Phi) is 3.52. The molecule has 1 rings (SSSR count). The molecule has 0 saturated heterocycles. The summed E-state index contributed by atoms with van der Waals surface area (Å²) in [5.74, 6) is 2.63. The van der Waals surface area contributed by atoms with Crippen molar-refractivity contribution in [2.24, 2.45) is 23.7 Å². The minimum atomic E-state index is 0.227. The predicted octanol–water partition coefficient (Wildman–Crippen LogP) is 3.28. The van der Waals surface area contributed by atoms with Crippen molar-refractivity contribution in [1.29, 1.82) is 0 Å². The fraction of sp³-hybridized carbons (Fsp3) is 0.917. The summed E-state index contributed by atoms with van der Waals surface area (Å²) in [7, 11) is 0. The van der Waals surface area contributed by atoms with Gasteiger partial charge >= 0.3 is 0 Å². The average Bonchev–Trinajstić information content (AvgIpc) is 2.08. The van der Waals surface area contributed by atoms with Crippen LogP contribution in [0.4, 0.5) is 0 Å². The first-order chi connectivity index (χ1) is 6.02. The molecule has 1 aliphatic carbocycles.